The number of nitrogens with one attached hydrogen (secondary N) is 1. The van der Waals surface area contributed by atoms with Gasteiger partial charge in [0.05, 0.1) is 6.10 Å². The maximum Gasteiger partial charge on any atom is 0.408 e. The maximum atomic E-state index is 11.8. The van der Waals surface area contributed by atoms with Gasteiger partial charge in [-0.15, -0.1) is 0 Å². The molecule has 0 aromatic rings. The van der Waals surface area contributed by atoms with Crippen LogP contribution in [0.2, 0.25) is 0 Å². The first-order valence-electron chi connectivity index (χ1n) is 5.40. The van der Waals surface area contributed by atoms with E-state index in [0.717, 1.165) is 12.8 Å². The Morgan fingerprint density at radius 3 is 2.07 bits per heavy atom. The van der Waals surface area contributed by atoms with Gasteiger partial charge in [0.25, 0.3) is 0 Å². The molecule has 4 heteroatoms. The lowest BCUT2D eigenvalue weighted by Crippen LogP contribution is -2.45. The van der Waals surface area contributed by atoms with Crippen molar-refractivity contribution in [2.75, 3.05) is 0 Å². The van der Waals surface area contributed by atoms with Crippen LogP contribution < -0.4 is 5.32 Å². The minimum absolute atomic E-state index is 0.0492. The predicted molar refractivity (Wildman–Crippen MR) is 56.6 cm³/mol. The minimum atomic E-state index is -0.625. The number of ketones is 1. The number of carbonyl (C=O) groups is 2. The molecule has 1 amide bonds. The monoisotopic (exact) mass is 213 g/mol. The lowest BCUT2D eigenvalue weighted by molar-refractivity contribution is -0.124. The SMILES string of the molecule is CC(C)OC(=O)NC1(C(=O)C(C)C)CC1. The zero-order valence-corrected chi connectivity index (χ0v) is 9.79. The van der Waals surface area contributed by atoms with E-state index in [9.17, 15) is 9.59 Å². The molecular formula is C11H19NO3. The van der Waals surface area contributed by atoms with Crippen LogP contribution in [0.3, 0.4) is 0 Å². The molecule has 1 N–H and O–H groups in total. The van der Waals surface area contributed by atoms with Crippen molar-refractivity contribution in [1.29, 1.82) is 0 Å². The molecule has 4 nitrogen and oxygen atoms in total. The van der Waals surface area contributed by atoms with Crippen LogP contribution in [0.1, 0.15) is 40.5 Å². The van der Waals surface area contributed by atoms with Gasteiger partial charge in [-0.2, -0.15) is 0 Å². The van der Waals surface area contributed by atoms with Gasteiger partial charge in [0, 0.05) is 5.92 Å². The highest BCUT2D eigenvalue weighted by Gasteiger charge is 2.51. The molecule has 0 unspecified atom stereocenters. The molecule has 1 rings (SSSR count). The summed E-state index contributed by atoms with van der Waals surface area (Å²) in [6.45, 7) is 7.25. The van der Waals surface area contributed by atoms with Gasteiger partial charge in [-0.1, -0.05) is 13.8 Å². The number of ether oxygens (including phenoxy) is 1. The second-order valence-corrected chi connectivity index (χ2v) is 4.68. The summed E-state index contributed by atoms with van der Waals surface area (Å²) in [6.07, 6.45) is 0.820. The van der Waals surface area contributed by atoms with E-state index in [1.54, 1.807) is 13.8 Å². The van der Waals surface area contributed by atoms with E-state index in [-0.39, 0.29) is 17.8 Å². The Balaban J connectivity index is 2.51. The Morgan fingerprint density at radius 1 is 1.20 bits per heavy atom. The first kappa shape index (κ1) is 12.0. The van der Waals surface area contributed by atoms with E-state index in [1.165, 1.54) is 0 Å². The van der Waals surface area contributed by atoms with Crippen LogP contribution in [0.4, 0.5) is 4.79 Å². The second-order valence-electron chi connectivity index (χ2n) is 4.68. The van der Waals surface area contributed by atoms with Crippen molar-refractivity contribution in [2.45, 2.75) is 52.2 Å². The fourth-order valence-electron chi connectivity index (χ4n) is 1.55. The molecule has 0 saturated heterocycles. The Labute approximate surface area is 90.4 Å². The van der Waals surface area contributed by atoms with Crippen molar-refractivity contribution >= 4 is 11.9 Å². The molecule has 1 saturated carbocycles. The standard InChI is InChI=1S/C11H19NO3/c1-7(2)9(13)11(5-6-11)12-10(14)15-8(3)4/h7-8H,5-6H2,1-4H3,(H,12,14). The molecule has 1 aliphatic rings. The highest BCUT2D eigenvalue weighted by Crippen LogP contribution is 2.38. The zero-order valence-electron chi connectivity index (χ0n) is 9.79. The van der Waals surface area contributed by atoms with Gasteiger partial charge in [0.1, 0.15) is 5.54 Å². The van der Waals surface area contributed by atoms with Crippen molar-refractivity contribution in [1.82, 2.24) is 5.32 Å². The minimum Gasteiger partial charge on any atom is -0.447 e. The normalized spacial score (nSPS) is 17.7. The van der Waals surface area contributed by atoms with E-state index in [4.69, 9.17) is 4.74 Å². The van der Waals surface area contributed by atoms with E-state index in [1.807, 2.05) is 13.8 Å². The topological polar surface area (TPSA) is 55.4 Å². The molecule has 0 radical (unpaired) electrons. The Kier molecular flexibility index (Phi) is 3.37. The molecule has 0 atom stereocenters. The third-order valence-electron chi connectivity index (χ3n) is 2.43. The number of carbonyl (C=O) groups excluding carboxylic acids is 2. The van der Waals surface area contributed by atoms with Crippen molar-refractivity contribution < 1.29 is 14.3 Å². The summed E-state index contributed by atoms with van der Waals surface area (Å²) in [4.78, 5) is 23.1. The molecule has 0 aliphatic heterocycles. The molecular weight excluding hydrogens is 194 g/mol. The number of Topliss-reactive ketones (excluding diaryl/α,β-unsaturated/α-hetero) is 1. The number of rotatable bonds is 4. The quantitative estimate of drug-likeness (QED) is 0.775. The summed E-state index contributed by atoms with van der Waals surface area (Å²) in [6, 6.07) is 0. The van der Waals surface area contributed by atoms with E-state index in [2.05, 4.69) is 5.32 Å². The maximum absolute atomic E-state index is 11.8. The van der Waals surface area contributed by atoms with Crippen LogP contribution in [-0.2, 0) is 9.53 Å². The van der Waals surface area contributed by atoms with E-state index >= 15 is 0 Å². The Bertz CT molecular complexity index is 267. The molecule has 0 bridgehead atoms. The summed E-state index contributed by atoms with van der Waals surface area (Å²) in [7, 11) is 0. The summed E-state index contributed by atoms with van der Waals surface area (Å²) >= 11 is 0. The van der Waals surface area contributed by atoms with Crippen LogP contribution in [-0.4, -0.2) is 23.5 Å². The van der Waals surface area contributed by atoms with Gasteiger partial charge in [-0.05, 0) is 26.7 Å². The van der Waals surface area contributed by atoms with Crippen LogP contribution in [0.25, 0.3) is 0 Å². The van der Waals surface area contributed by atoms with Crippen molar-refractivity contribution in [3.05, 3.63) is 0 Å². The van der Waals surface area contributed by atoms with Gasteiger partial charge >= 0.3 is 6.09 Å². The molecule has 0 spiro atoms. The van der Waals surface area contributed by atoms with Gasteiger partial charge in [-0.25, -0.2) is 4.79 Å². The summed E-state index contributed by atoms with van der Waals surface area (Å²) in [5.74, 6) is 0.0510. The number of hydrogen-bond donors (Lipinski definition) is 1. The van der Waals surface area contributed by atoms with E-state index < -0.39 is 11.6 Å². The molecule has 0 aromatic carbocycles. The molecule has 1 fully saturated rings. The van der Waals surface area contributed by atoms with Crippen molar-refractivity contribution in [2.24, 2.45) is 5.92 Å². The van der Waals surface area contributed by atoms with Crippen LogP contribution in [0.15, 0.2) is 0 Å². The number of alkyl carbamates (subject to hydrolysis) is 1. The number of hydrogen-bond acceptors (Lipinski definition) is 3. The second kappa shape index (κ2) is 4.21. The highest BCUT2D eigenvalue weighted by atomic mass is 16.6. The Morgan fingerprint density at radius 2 is 1.73 bits per heavy atom. The predicted octanol–water partition coefficient (Wildman–Crippen LogP) is 1.88. The van der Waals surface area contributed by atoms with Gasteiger partial charge in [0.2, 0.25) is 0 Å². The smallest absolute Gasteiger partial charge is 0.408 e. The highest BCUT2D eigenvalue weighted by molar-refractivity contribution is 5.95. The Hall–Kier alpha value is -1.06. The average Bonchev–Trinajstić information content (AvgIpc) is 2.82. The van der Waals surface area contributed by atoms with Gasteiger partial charge in [0.15, 0.2) is 5.78 Å². The fraction of sp³-hybridized carbons (Fsp3) is 0.818. The summed E-state index contributed by atoms with van der Waals surface area (Å²) < 4.78 is 4.95. The molecule has 15 heavy (non-hydrogen) atoms. The van der Waals surface area contributed by atoms with Gasteiger partial charge < -0.3 is 10.1 Å². The zero-order chi connectivity index (χ0) is 11.6. The third-order valence-corrected chi connectivity index (χ3v) is 2.43. The van der Waals surface area contributed by atoms with E-state index in [0.29, 0.717) is 0 Å². The average molecular weight is 213 g/mol. The first-order valence-corrected chi connectivity index (χ1v) is 5.40. The molecule has 86 valence electrons. The van der Waals surface area contributed by atoms with Crippen LogP contribution >= 0.6 is 0 Å². The van der Waals surface area contributed by atoms with Crippen molar-refractivity contribution in [3.8, 4) is 0 Å². The first-order chi connectivity index (χ1) is 6.87. The molecule has 1 aliphatic carbocycles. The van der Waals surface area contributed by atoms with Crippen LogP contribution in [0.5, 0.6) is 0 Å². The molecule has 0 aromatic heterocycles. The number of amides is 1. The fourth-order valence-corrected chi connectivity index (χ4v) is 1.55. The lowest BCUT2D eigenvalue weighted by atomic mass is 10.0. The summed E-state index contributed by atoms with van der Waals surface area (Å²) in [5, 5.41) is 2.67. The molecule has 0 heterocycles. The van der Waals surface area contributed by atoms with Gasteiger partial charge in [-0.3, -0.25) is 4.79 Å². The van der Waals surface area contributed by atoms with Crippen molar-refractivity contribution in [3.63, 3.8) is 0 Å². The lowest BCUT2D eigenvalue weighted by Gasteiger charge is -2.19. The third kappa shape index (κ3) is 2.94. The largest absolute Gasteiger partial charge is 0.447 e. The van der Waals surface area contributed by atoms with Crippen LogP contribution in [0, 0.1) is 5.92 Å². The summed E-state index contributed by atoms with van der Waals surface area (Å²) in [5.41, 5.74) is -0.625.